The normalized spacial score (nSPS) is 33.9. The molecule has 2 aliphatic rings. The average molecular weight is 235 g/mol. The molecule has 2 atom stereocenters. The third kappa shape index (κ3) is 1.88. The van der Waals surface area contributed by atoms with Gasteiger partial charge in [-0.25, -0.2) is 0 Å². The summed E-state index contributed by atoms with van der Waals surface area (Å²) in [6, 6.07) is 0. The molecule has 2 fully saturated rings. The van der Waals surface area contributed by atoms with Crippen molar-refractivity contribution >= 4 is 0 Å². The van der Waals surface area contributed by atoms with E-state index in [-0.39, 0.29) is 5.54 Å². The molecule has 0 amide bonds. The van der Waals surface area contributed by atoms with Crippen LogP contribution in [0.2, 0.25) is 0 Å². The lowest BCUT2D eigenvalue weighted by Gasteiger charge is -2.38. The predicted molar refractivity (Wildman–Crippen MR) is 64.4 cm³/mol. The zero-order valence-electron chi connectivity index (χ0n) is 10.5. The van der Waals surface area contributed by atoms with Gasteiger partial charge in [-0.3, -0.25) is 0 Å². The summed E-state index contributed by atoms with van der Waals surface area (Å²) in [5.74, 6) is 2.58. The van der Waals surface area contributed by atoms with E-state index in [9.17, 15) is 0 Å². The van der Waals surface area contributed by atoms with Crippen molar-refractivity contribution in [3.8, 4) is 0 Å². The van der Waals surface area contributed by atoms with E-state index in [1.807, 2.05) is 0 Å². The Hall–Kier alpha value is -0.900. The van der Waals surface area contributed by atoms with Crippen LogP contribution in [0.5, 0.6) is 0 Å². The highest BCUT2D eigenvalue weighted by atomic mass is 16.5. The van der Waals surface area contributed by atoms with Crippen LogP contribution in [0.25, 0.3) is 0 Å². The molecule has 2 unspecified atom stereocenters. The van der Waals surface area contributed by atoms with E-state index in [4.69, 9.17) is 10.3 Å². The quantitative estimate of drug-likeness (QED) is 0.874. The molecule has 0 radical (unpaired) electrons. The molecule has 2 aliphatic carbocycles. The number of rotatable bonds is 3. The topological polar surface area (TPSA) is 64.9 Å². The van der Waals surface area contributed by atoms with Gasteiger partial charge in [0.1, 0.15) is 0 Å². The van der Waals surface area contributed by atoms with Gasteiger partial charge in [0.15, 0.2) is 5.82 Å². The van der Waals surface area contributed by atoms with Crippen molar-refractivity contribution in [3.05, 3.63) is 11.7 Å². The van der Waals surface area contributed by atoms with E-state index in [1.165, 1.54) is 32.1 Å². The van der Waals surface area contributed by atoms with Gasteiger partial charge in [0, 0.05) is 5.92 Å². The SMILES string of the molecule is CCC1CCCCC1(N)c1noc(C2CC2)n1. The highest BCUT2D eigenvalue weighted by Crippen LogP contribution is 2.43. The minimum Gasteiger partial charge on any atom is -0.339 e. The molecular formula is C13H21N3O. The van der Waals surface area contributed by atoms with Gasteiger partial charge in [-0.15, -0.1) is 0 Å². The molecule has 0 aromatic carbocycles. The van der Waals surface area contributed by atoms with Gasteiger partial charge in [-0.2, -0.15) is 4.98 Å². The Morgan fingerprint density at radius 3 is 2.88 bits per heavy atom. The van der Waals surface area contributed by atoms with Crippen LogP contribution in [0.4, 0.5) is 0 Å². The van der Waals surface area contributed by atoms with Gasteiger partial charge in [0.05, 0.1) is 5.54 Å². The Labute approximate surface area is 102 Å². The Morgan fingerprint density at radius 1 is 1.35 bits per heavy atom. The Bertz CT molecular complexity index is 399. The molecule has 17 heavy (non-hydrogen) atoms. The molecule has 1 heterocycles. The van der Waals surface area contributed by atoms with Crippen LogP contribution in [0.3, 0.4) is 0 Å². The van der Waals surface area contributed by atoms with Crippen molar-refractivity contribution < 1.29 is 4.52 Å². The van der Waals surface area contributed by atoms with Gasteiger partial charge < -0.3 is 10.3 Å². The van der Waals surface area contributed by atoms with Gasteiger partial charge in [-0.1, -0.05) is 31.3 Å². The number of hydrogen-bond donors (Lipinski definition) is 1. The van der Waals surface area contributed by atoms with Crippen LogP contribution in [0.1, 0.15) is 69.5 Å². The number of nitrogens with two attached hydrogens (primary N) is 1. The second-order valence-electron chi connectivity index (χ2n) is 5.62. The smallest absolute Gasteiger partial charge is 0.229 e. The molecule has 0 saturated heterocycles. The van der Waals surface area contributed by atoms with Crippen molar-refractivity contribution in [1.82, 2.24) is 10.1 Å². The molecule has 3 rings (SSSR count). The first-order valence-electron chi connectivity index (χ1n) is 6.87. The van der Waals surface area contributed by atoms with Crippen molar-refractivity contribution in [2.45, 2.75) is 63.3 Å². The average Bonchev–Trinajstić information content (AvgIpc) is 3.07. The van der Waals surface area contributed by atoms with E-state index in [0.29, 0.717) is 11.8 Å². The second-order valence-corrected chi connectivity index (χ2v) is 5.62. The monoisotopic (exact) mass is 235 g/mol. The lowest BCUT2D eigenvalue weighted by atomic mass is 9.71. The number of hydrogen-bond acceptors (Lipinski definition) is 4. The van der Waals surface area contributed by atoms with Crippen molar-refractivity contribution in [2.75, 3.05) is 0 Å². The lowest BCUT2D eigenvalue weighted by Crippen LogP contribution is -2.47. The third-order valence-electron chi connectivity index (χ3n) is 4.40. The first kappa shape index (κ1) is 11.2. The van der Waals surface area contributed by atoms with Gasteiger partial charge in [0.2, 0.25) is 5.89 Å². The van der Waals surface area contributed by atoms with Gasteiger partial charge in [-0.05, 0) is 31.6 Å². The molecule has 0 bridgehead atoms. The molecule has 94 valence electrons. The minimum atomic E-state index is -0.344. The lowest BCUT2D eigenvalue weighted by molar-refractivity contribution is 0.169. The third-order valence-corrected chi connectivity index (χ3v) is 4.40. The molecule has 4 heteroatoms. The maximum atomic E-state index is 6.58. The molecular weight excluding hydrogens is 214 g/mol. The number of aromatic nitrogens is 2. The molecule has 1 aromatic rings. The highest BCUT2D eigenvalue weighted by Gasteiger charge is 2.42. The fourth-order valence-electron chi connectivity index (χ4n) is 3.05. The summed E-state index contributed by atoms with van der Waals surface area (Å²) in [7, 11) is 0. The Kier molecular flexibility index (Phi) is 2.69. The maximum absolute atomic E-state index is 6.58. The largest absolute Gasteiger partial charge is 0.339 e. The van der Waals surface area contributed by atoms with Crippen LogP contribution in [-0.4, -0.2) is 10.1 Å². The van der Waals surface area contributed by atoms with Crippen LogP contribution < -0.4 is 5.73 Å². The maximum Gasteiger partial charge on any atom is 0.229 e. The van der Waals surface area contributed by atoms with Gasteiger partial charge in [0.25, 0.3) is 0 Å². The van der Waals surface area contributed by atoms with E-state index in [0.717, 1.165) is 24.6 Å². The predicted octanol–water partition coefficient (Wildman–Crippen LogP) is 2.70. The van der Waals surface area contributed by atoms with Crippen molar-refractivity contribution in [1.29, 1.82) is 0 Å². The molecule has 2 saturated carbocycles. The molecule has 0 spiro atoms. The molecule has 2 N–H and O–H groups in total. The molecule has 4 nitrogen and oxygen atoms in total. The first-order valence-corrected chi connectivity index (χ1v) is 6.87. The summed E-state index contributed by atoms with van der Waals surface area (Å²) in [6.07, 6.45) is 8.14. The van der Waals surface area contributed by atoms with Crippen molar-refractivity contribution in [3.63, 3.8) is 0 Å². The van der Waals surface area contributed by atoms with Crippen LogP contribution in [0, 0.1) is 5.92 Å². The second kappa shape index (κ2) is 4.09. The fourth-order valence-corrected chi connectivity index (χ4v) is 3.05. The summed E-state index contributed by atoms with van der Waals surface area (Å²) in [5, 5.41) is 4.16. The van der Waals surface area contributed by atoms with E-state index in [1.54, 1.807) is 0 Å². The summed E-state index contributed by atoms with van der Waals surface area (Å²) in [5.41, 5.74) is 6.24. The minimum absolute atomic E-state index is 0.344. The number of nitrogens with zero attached hydrogens (tertiary/aromatic N) is 2. The van der Waals surface area contributed by atoms with Crippen LogP contribution in [0.15, 0.2) is 4.52 Å². The summed E-state index contributed by atoms with van der Waals surface area (Å²) in [6.45, 7) is 2.21. The van der Waals surface area contributed by atoms with Crippen LogP contribution in [-0.2, 0) is 5.54 Å². The van der Waals surface area contributed by atoms with E-state index in [2.05, 4.69) is 17.1 Å². The Balaban J connectivity index is 1.87. The summed E-state index contributed by atoms with van der Waals surface area (Å²) in [4.78, 5) is 4.56. The van der Waals surface area contributed by atoms with Crippen molar-refractivity contribution in [2.24, 2.45) is 11.7 Å². The highest BCUT2D eigenvalue weighted by molar-refractivity contribution is 5.11. The fraction of sp³-hybridized carbons (Fsp3) is 0.846. The van der Waals surface area contributed by atoms with Crippen LogP contribution >= 0.6 is 0 Å². The summed E-state index contributed by atoms with van der Waals surface area (Å²) >= 11 is 0. The van der Waals surface area contributed by atoms with Gasteiger partial charge >= 0.3 is 0 Å². The first-order chi connectivity index (χ1) is 8.24. The Morgan fingerprint density at radius 2 is 2.18 bits per heavy atom. The van der Waals surface area contributed by atoms with E-state index >= 15 is 0 Å². The molecule has 0 aliphatic heterocycles. The van der Waals surface area contributed by atoms with E-state index < -0.39 is 0 Å². The standard InChI is InChI=1S/C13H21N3O/c1-2-10-5-3-4-8-13(10,14)12-15-11(17-16-12)9-6-7-9/h9-10H,2-8,14H2,1H3. The zero-order valence-corrected chi connectivity index (χ0v) is 10.5. The molecule has 1 aromatic heterocycles. The zero-order chi connectivity index (χ0) is 11.9. The summed E-state index contributed by atoms with van der Waals surface area (Å²) < 4.78 is 5.36.